The predicted molar refractivity (Wildman–Crippen MR) is 102 cm³/mol. The average Bonchev–Trinajstić information content (AvgIpc) is 2.87. The van der Waals surface area contributed by atoms with Gasteiger partial charge in [0.2, 0.25) is 0 Å². The van der Waals surface area contributed by atoms with Gasteiger partial charge in [0.05, 0.1) is 17.6 Å². The number of nitrogens with one attached hydrogen (secondary N) is 1. The fraction of sp³-hybridized carbons (Fsp3) is 0.368. The van der Waals surface area contributed by atoms with Gasteiger partial charge in [-0.25, -0.2) is 4.98 Å². The number of carbonyl (C=O) groups is 1. The molecule has 1 fully saturated rings. The van der Waals surface area contributed by atoms with Crippen LogP contribution in [-0.2, 0) is 0 Å². The molecule has 1 aliphatic heterocycles. The van der Waals surface area contributed by atoms with Crippen LogP contribution in [-0.4, -0.2) is 24.0 Å². The third-order valence-corrected chi connectivity index (χ3v) is 4.98. The van der Waals surface area contributed by atoms with Gasteiger partial charge in [-0.05, 0) is 65.5 Å². The second-order valence-corrected chi connectivity index (χ2v) is 7.09. The van der Waals surface area contributed by atoms with Crippen molar-refractivity contribution in [2.75, 3.05) is 23.3 Å². The van der Waals surface area contributed by atoms with E-state index in [1.165, 1.54) is 25.7 Å². The van der Waals surface area contributed by atoms with Gasteiger partial charge >= 0.3 is 0 Å². The molecule has 0 bridgehead atoms. The van der Waals surface area contributed by atoms with Gasteiger partial charge in [0, 0.05) is 17.6 Å². The van der Waals surface area contributed by atoms with Crippen LogP contribution in [0.1, 0.15) is 41.7 Å². The highest BCUT2D eigenvalue weighted by Crippen LogP contribution is 2.24. The second kappa shape index (κ2) is 7.79. The highest BCUT2D eigenvalue weighted by Gasteiger charge is 2.13. The Hall–Kier alpha value is -1.88. The van der Waals surface area contributed by atoms with Crippen molar-refractivity contribution in [3.05, 3.63) is 52.3 Å². The summed E-state index contributed by atoms with van der Waals surface area (Å²) in [4.78, 5) is 19.1. The number of nitrogens with zero attached hydrogens (tertiary/aromatic N) is 2. The number of anilines is 2. The summed E-state index contributed by atoms with van der Waals surface area (Å²) in [6.07, 6.45) is 6.86. The summed E-state index contributed by atoms with van der Waals surface area (Å²) >= 11 is 3.48. The third-order valence-electron chi connectivity index (χ3n) is 4.32. The van der Waals surface area contributed by atoms with Crippen LogP contribution in [0.5, 0.6) is 0 Å². The lowest BCUT2D eigenvalue weighted by Crippen LogP contribution is -2.24. The zero-order chi connectivity index (χ0) is 16.9. The van der Waals surface area contributed by atoms with Gasteiger partial charge in [-0.1, -0.05) is 18.9 Å². The van der Waals surface area contributed by atoms with E-state index < -0.39 is 0 Å². The Labute approximate surface area is 151 Å². The zero-order valence-electron chi connectivity index (χ0n) is 13.9. The normalized spacial score (nSPS) is 15.0. The molecule has 0 radical (unpaired) electrons. The Kier molecular flexibility index (Phi) is 5.51. The van der Waals surface area contributed by atoms with E-state index in [1.807, 2.05) is 37.4 Å². The number of aryl methyl sites for hydroxylation is 1. The Morgan fingerprint density at radius 2 is 1.88 bits per heavy atom. The van der Waals surface area contributed by atoms with Crippen LogP contribution in [0.25, 0.3) is 0 Å². The highest BCUT2D eigenvalue weighted by molar-refractivity contribution is 9.10. The van der Waals surface area contributed by atoms with Crippen LogP contribution >= 0.6 is 15.9 Å². The highest BCUT2D eigenvalue weighted by atomic mass is 79.9. The van der Waals surface area contributed by atoms with Crippen LogP contribution in [0.15, 0.2) is 41.0 Å². The number of halogens is 1. The number of hydrogen-bond donors (Lipinski definition) is 1. The molecule has 5 heteroatoms. The Bertz CT molecular complexity index is 707. The van der Waals surface area contributed by atoms with Crippen molar-refractivity contribution in [1.29, 1.82) is 0 Å². The van der Waals surface area contributed by atoms with Crippen molar-refractivity contribution in [2.45, 2.75) is 32.6 Å². The molecule has 0 aliphatic carbocycles. The largest absolute Gasteiger partial charge is 0.370 e. The molecule has 4 nitrogen and oxygen atoms in total. The van der Waals surface area contributed by atoms with Gasteiger partial charge in [0.15, 0.2) is 0 Å². The maximum atomic E-state index is 12.4. The van der Waals surface area contributed by atoms with Crippen LogP contribution in [0, 0.1) is 6.92 Å². The van der Waals surface area contributed by atoms with E-state index in [-0.39, 0.29) is 5.91 Å². The number of pyridine rings is 1. The van der Waals surface area contributed by atoms with E-state index >= 15 is 0 Å². The van der Waals surface area contributed by atoms with Crippen molar-refractivity contribution in [3.63, 3.8) is 0 Å². The average molecular weight is 388 g/mol. The molecule has 1 aromatic carbocycles. The Balaban J connectivity index is 1.69. The lowest BCUT2D eigenvalue weighted by atomic mass is 10.2. The van der Waals surface area contributed by atoms with Crippen molar-refractivity contribution in [3.8, 4) is 0 Å². The minimum atomic E-state index is -0.193. The molecule has 3 rings (SSSR count). The topological polar surface area (TPSA) is 45.2 Å². The van der Waals surface area contributed by atoms with Gasteiger partial charge in [0.25, 0.3) is 5.91 Å². The number of hydrogen-bond acceptors (Lipinski definition) is 3. The summed E-state index contributed by atoms with van der Waals surface area (Å²) in [5.74, 6) is -0.193. The van der Waals surface area contributed by atoms with Crippen LogP contribution < -0.4 is 10.2 Å². The molecule has 0 spiro atoms. The summed E-state index contributed by atoms with van der Waals surface area (Å²) in [7, 11) is 0. The fourth-order valence-corrected chi connectivity index (χ4v) is 3.54. The first-order valence-electron chi connectivity index (χ1n) is 8.42. The SMILES string of the molecule is Cc1ccc(NC(=O)c2ccc(N3CCCCCC3)cn2)c(Br)c1. The molecule has 2 aromatic rings. The van der Waals surface area contributed by atoms with Gasteiger partial charge in [0.1, 0.15) is 5.69 Å². The Morgan fingerprint density at radius 1 is 1.12 bits per heavy atom. The maximum absolute atomic E-state index is 12.4. The molecular formula is C19H22BrN3O. The molecule has 1 N–H and O–H groups in total. The molecule has 126 valence electrons. The predicted octanol–water partition coefficient (Wildman–Crippen LogP) is 4.79. The molecule has 1 saturated heterocycles. The molecule has 0 atom stereocenters. The van der Waals surface area contributed by atoms with Crippen LogP contribution in [0.4, 0.5) is 11.4 Å². The van der Waals surface area contributed by atoms with E-state index in [1.54, 1.807) is 6.07 Å². The third kappa shape index (κ3) is 4.15. The fourth-order valence-electron chi connectivity index (χ4n) is 2.94. The summed E-state index contributed by atoms with van der Waals surface area (Å²) < 4.78 is 0.872. The number of aromatic nitrogens is 1. The summed E-state index contributed by atoms with van der Waals surface area (Å²) in [6, 6.07) is 9.64. The maximum Gasteiger partial charge on any atom is 0.274 e. The molecule has 24 heavy (non-hydrogen) atoms. The quantitative estimate of drug-likeness (QED) is 0.823. The molecule has 0 saturated carbocycles. The lowest BCUT2D eigenvalue weighted by molar-refractivity contribution is 0.102. The van der Waals surface area contributed by atoms with Crippen LogP contribution in [0.2, 0.25) is 0 Å². The van der Waals surface area contributed by atoms with Crippen molar-refractivity contribution in [1.82, 2.24) is 4.98 Å². The van der Waals surface area contributed by atoms with E-state index in [2.05, 4.69) is 31.1 Å². The standard InChI is InChI=1S/C19H22BrN3O/c1-14-6-8-17(16(20)12-14)22-19(24)18-9-7-15(13-21-18)23-10-4-2-3-5-11-23/h6-9,12-13H,2-5,10-11H2,1H3,(H,22,24). The summed E-state index contributed by atoms with van der Waals surface area (Å²) in [5, 5.41) is 2.90. The number of rotatable bonds is 3. The molecule has 0 unspecified atom stereocenters. The molecule has 1 amide bonds. The molecule has 1 aromatic heterocycles. The van der Waals surface area contributed by atoms with Crippen molar-refractivity contribution in [2.24, 2.45) is 0 Å². The van der Waals surface area contributed by atoms with E-state index in [4.69, 9.17) is 0 Å². The first kappa shape index (κ1) is 17.0. The van der Waals surface area contributed by atoms with Gasteiger partial charge in [-0.3, -0.25) is 4.79 Å². The number of carbonyl (C=O) groups excluding carboxylic acids is 1. The number of amides is 1. The monoisotopic (exact) mass is 387 g/mol. The van der Waals surface area contributed by atoms with Gasteiger partial charge < -0.3 is 10.2 Å². The number of benzene rings is 1. The van der Waals surface area contributed by atoms with Gasteiger partial charge in [-0.2, -0.15) is 0 Å². The van der Waals surface area contributed by atoms with E-state index in [0.717, 1.165) is 34.5 Å². The van der Waals surface area contributed by atoms with Crippen molar-refractivity contribution >= 4 is 33.2 Å². The minimum absolute atomic E-state index is 0.193. The Morgan fingerprint density at radius 3 is 2.50 bits per heavy atom. The second-order valence-electron chi connectivity index (χ2n) is 6.24. The van der Waals surface area contributed by atoms with Crippen molar-refractivity contribution < 1.29 is 4.79 Å². The summed E-state index contributed by atoms with van der Waals surface area (Å²) in [6.45, 7) is 4.16. The first-order valence-corrected chi connectivity index (χ1v) is 9.21. The van der Waals surface area contributed by atoms with E-state index in [9.17, 15) is 4.79 Å². The zero-order valence-corrected chi connectivity index (χ0v) is 15.5. The van der Waals surface area contributed by atoms with Crippen LogP contribution in [0.3, 0.4) is 0 Å². The molecule has 1 aliphatic rings. The van der Waals surface area contributed by atoms with E-state index in [0.29, 0.717) is 5.69 Å². The summed E-state index contributed by atoms with van der Waals surface area (Å²) in [5.41, 5.74) is 3.43. The molecule has 2 heterocycles. The smallest absolute Gasteiger partial charge is 0.274 e. The van der Waals surface area contributed by atoms with Gasteiger partial charge in [-0.15, -0.1) is 0 Å². The first-order chi connectivity index (χ1) is 11.6. The minimum Gasteiger partial charge on any atom is -0.370 e. The lowest BCUT2D eigenvalue weighted by Gasteiger charge is -2.22. The molecular weight excluding hydrogens is 366 g/mol.